The number of hydrogen-bond acceptors (Lipinski definition) is 3. The molecule has 1 aromatic carbocycles. The first-order valence-corrected chi connectivity index (χ1v) is 8.94. The van der Waals surface area contributed by atoms with Gasteiger partial charge >= 0.3 is 0 Å². The van der Waals surface area contributed by atoms with Gasteiger partial charge in [-0.05, 0) is 13.0 Å². The number of halogens is 1. The Bertz CT molecular complexity index is 579. The van der Waals surface area contributed by atoms with E-state index in [4.69, 9.17) is 0 Å². The van der Waals surface area contributed by atoms with Crippen molar-refractivity contribution in [3.8, 4) is 0 Å². The van der Waals surface area contributed by atoms with Crippen molar-refractivity contribution in [1.82, 2.24) is 9.80 Å². The highest BCUT2D eigenvalue weighted by Gasteiger charge is 2.34. The highest BCUT2D eigenvalue weighted by molar-refractivity contribution is 8.00. The fourth-order valence-electron chi connectivity index (χ4n) is 2.65. The molecule has 0 radical (unpaired) electrons. The van der Waals surface area contributed by atoms with Crippen molar-refractivity contribution >= 4 is 23.6 Å². The van der Waals surface area contributed by atoms with Gasteiger partial charge in [0.25, 0.3) is 0 Å². The number of carbonyl (C=O) groups is 2. The number of carbonyl (C=O) groups excluding carboxylic acids is 2. The van der Waals surface area contributed by atoms with Gasteiger partial charge in [-0.2, -0.15) is 0 Å². The predicted molar refractivity (Wildman–Crippen MR) is 90.4 cm³/mol. The lowest BCUT2D eigenvalue weighted by Gasteiger charge is -2.29. The van der Waals surface area contributed by atoms with E-state index in [0.717, 1.165) is 0 Å². The van der Waals surface area contributed by atoms with E-state index in [1.807, 2.05) is 20.8 Å². The third-order valence-electron chi connectivity index (χ3n) is 3.94. The molecule has 126 valence electrons. The summed E-state index contributed by atoms with van der Waals surface area (Å²) in [6.07, 6.45) is 0. The second-order valence-corrected chi connectivity index (χ2v) is 6.91. The summed E-state index contributed by atoms with van der Waals surface area (Å²) >= 11 is 1.43. The van der Waals surface area contributed by atoms with Gasteiger partial charge in [0.15, 0.2) is 0 Å². The van der Waals surface area contributed by atoms with Gasteiger partial charge in [-0.25, -0.2) is 4.39 Å². The van der Waals surface area contributed by atoms with E-state index in [9.17, 15) is 14.0 Å². The van der Waals surface area contributed by atoms with Crippen LogP contribution in [0.4, 0.5) is 4.39 Å². The number of thioether (sulfide) groups is 1. The van der Waals surface area contributed by atoms with E-state index in [-0.39, 0.29) is 28.9 Å². The summed E-state index contributed by atoms with van der Waals surface area (Å²) in [4.78, 5) is 27.7. The Kier molecular flexibility index (Phi) is 6.04. The maximum absolute atomic E-state index is 14.0. The summed E-state index contributed by atoms with van der Waals surface area (Å²) in [6, 6.07) is 6.55. The highest BCUT2D eigenvalue weighted by Crippen LogP contribution is 2.39. The SMILES string of the molecule is CCN(CCN1C(=O)CSC1c1ccccc1F)C(=O)C(C)C. The van der Waals surface area contributed by atoms with Gasteiger partial charge in [0.1, 0.15) is 11.2 Å². The van der Waals surface area contributed by atoms with Crippen LogP contribution in [0, 0.1) is 11.7 Å². The molecule has 1 unspecified atom stereocenters. The first-order valence-electron chi connectivity index (χ1n) is 7.90. The second-order valence-electron chi connectivity index (χ2n) is 5.84. The molecule has 2 rings (SSSR count). The Morgan fingerprint density at radius 3 is 2.74 bits per heavy atom. The minimum atomic E-state index is -0.309. The van der Waals surface area contributed by atoms with Crippen LogP contribution in [-0.2, 0) is 9.59 Å². The summed E-state index contributed by atoms with van der Waals surface area (Å²) < 4.78 is 14.0. The fourth-order valence-corrected chi connectivity index (χ4v) is 3.89. The van der Waals surface area contributed by atoms with Crippen LogP contribution < -0.4 is 0 Å². The van der Waals surface area contributed by atoms with Crippen molar-refractivity contribution in [2.75, 3.05) is 25.4 Å². The van der Waals surface area contributed by atoms with E-state index in [1.54, 1.807) is 28.0 Å². The second kappa shape index (κ2) is 7.81. The molecule has 6 heteroatoms. The predicted octanol–water partition coefficient (Wildman–Crippen LogP) is 2.90. The molecule has 1 atom stereocenters. The molecule has 0 aliphatic carbocycles. The molecule has 1 heterocycles. The summed E-state index contributed by atoms with van der Waals surface area (Å²) in [5, 5.41) is -0.309. The number of hydrogen-bond donors (Lipinski definition) is 0. The van der Waals surface area contributed by atoms with Crippen molar-refractivity contribution in [2.24, 2.45) is 5.92 Å². The molecule has 1 saturated heterocycles. The third-order valence-corrected chi connectivity index (χ3v) is 5.18. The molecule has 1 aliphatic heterocycles. The summed E-state index contributed by atoms with van der Waals surface area (Å²) in [5.41, 5.74) is 0.529. The minimum Gasteiger partial charge on any atom is -0.341 e. The maximum Gasteiger partial charge on any atom is 0.233 e. The molecule has 1 aromatic rings. The van der Waals surface area contributed by atoms with Crippen molar-refractivity contribution in [1.29, 1.82) is 0 Å². The van der Waals surface area contributed by atoms with Gasteiger partial charge in [0.05, 0.1) is 5.75 Å². The zero-order valence-electron chi connectivity index (χ0n) is 13.8. The molecule has 0 bridgehead atoms. The van der Waals surface area contributed by atoms with Crippen LogP contribution in [-0.4, -0.2) is 47.0 Å². The van der Waals surface area contributed by atoms with Crippen molar-refractivity contribution in [2.45, 2.75) is 26.1 Å². The normalized spacial score (nSPS) is 17.9. The standard InChI is InChI=1S/C17H23FN2O2S/c1-4-19(16(22)12(2)3)9-10-20-15(21)11-23-17(20)13-7-5-6-8-14(13)18/h5-8,12,17H,4,9-11H2,1-3H3. The lowest BCUT2D eigenvalue weighted by molar-refractivity contribution is -0.136. The Morgan fingerprint density at radius 2 is 2.13 bits per heavy atom. The summed E-state index contributed by atoms with van der Waals surface area (Å²) in [6.45, 7) is 7.17. The van der Waals surface area contributed by atoms with E-state index in [1.165, 1.54) is 17.8 Å². The van der Waals surface area contributed by atoms with Crippen LogP contribution in [0.15, 0.2) is 24.3 Å². The first kappa shape index (κ1) is 17.8. The molecule has 0 saturated carbocycles. The van der Waals surface area contributed by atoms with Crippen LogP contribution in [0.25, 0.3) is 0 Å². The van der Waals surface area contributed by atoms with E-state index >= 15 is 0 Å². The van der Waals surface area contributed by atoms with Crippen molar-refractivity contribution in [3.05, 3.63) is 35.6 Å². The molecule has 23 heavy (non-hydrogen) atoms. The molecule has 0 N–H and O–H groups in total. The number of nitrogens with zero attached hydrogens (tertiary/aromatic N) is 2. The number of amides is 2. The van der Waals surface area contributed by atoms with E-state index in [0.29, 0.717) is 31.0 Å². The largest absolute Gasteiger partial charge is 0.341 e. The van der Waals surface area contributed by atoms with Crippen LogP contribution >= 0.6 is 11.8 Å². The van der Waals surface area contributed by atoms with Gasteiger partial charge < -0.3 is 9.80 Å². The lowest BCUT2D eigenvalue weighted by Crippen LogP contribution is -2.41. The average Bonchev–Trinajstić information content (AvgIpc) is 2.89. The Labute approximate surface area is 141 Å². The molecule has 1 fully saturated rings. The number of benzene rings is 1. The zero-order valence-corrected chi connectivity index (χ0v) is 14.6. The van der Waals surface area contributed by atoms with Gasteiger partial charge in [-0.15, -0.1) is 11.8 Å². The van der Waals surface area contributed by atoms with E-state index < -0.39 is 0 Å². The Hall–Kier alpha value is -1.56. The molecular weight excluding hydrogens is 315 g/mol. The minimum absolute atomic E-state index is 0.00342. The first-order chi connectivity index (χ1) is 11.0. The van der Waals surface area contributed by atoms with Crippen LogP contribution in [0.3, 0.4) is 0 Å². The summed E-state index contributed by atoms with van der Waals surface area (Å²) in [7, 11) is 0. The molecule has 1 aliphatic rings. The van der Waals surface area contributed by atoms with Crippen molar-refractivity contribution < 1.29 is 14.0 Å². The molecule has 0 aromatic heterocycles. The smallest absolute Gasteiger partial charge is 0.233 e. The van der Waals surface area contributed by atoms with Gasteiger partial charge in [0.2, 0.25) is 11.8 Å². The molecule has 2 amide bonds. The van der Waals surface area contributed by atoms with Crippen LogP contribution in [0.5, 0.6) is 0 Å². The number of rotatable bonds is 6. The molecule has 4 nitrogen and oxygen atoms in total. The van der Waals surface area contributed by atoms with Gasteiger partial charge in [-0.1, -0.05) is 32.0 Å². The third kappa shape index (κ3) is 4.05. The average molecular weight is 338 g/mol. The molecule has 0 spiro atoms. The molecular formula is C17H23FN2O2S. The van der Waals surface area contributed by atoms with Gasteiger partial charge in [-0.3, -0.25) is 9.59 Å². The fraction of sp³-hybridized carbons (Fsp3) is 0.529. The highest BCUT2D eigenvalue weighted by atomic mass is 32.2. The maximum atomic E-state index is 14.0. The van der Waals surface area contributed by atoms with Gasteiger partial charge in [0, 0.05) is 31.1 Å². The lowest BCUT2D eigenvalue weighted by atomic mass is 10.2. The Morgan fingerprint density at radius 1 is 1.43 bits per heavy atom. The monoisotopic (exact) mass is 338 g/mol. The van der Waals surface area contributed by atoms with Crippen LogP contribution in [0.2, 0.25) is 0 Å². The zero-order chi connectivity index (χ0) is 17.0. The van der Waals surface area contributed by atoms with Crippen LogP contribution in [0.1, 0.15) is 31.7 Å². The Balaban J connectivity index is 2.09. The van der Waals surface area contributed by atoms with E-state index in [2.05, 4.69) is 0 Å². The quantitative estimate of drug-likeness (QED) is 0.801. The summed E-state index contributed by atoms with van der Waals surface area (Å²) in [5.74, 6) is 0.0605. The van der Waals surface area contributed by atoms with Crippen molar-refractivity contribution in [3.63, 3.8) is 0 Å². The topological polar surface area (TPSA) is 40.6 Å². The number of likely N-dealkylation sites (N-methyl/N-ethyl adjacent to an activating group) is 1.